The normalized spacial score (nSPS) is 13.8. The summed E-state index contributed by atoms with van der Waals surface area (Å²) in [6.45, 7) is 0. The lowest BCUT2D eigenvalue weighted by Gasteiger charge is -2.26. The van der Waals surface area contributed by atoms with Gasteiger partial charge < -0.3 is 15.5 Å². The first-order valence-electron chi connectivity index (χ1n) is 5.72. The highest BCUT2D eigenvalue weighted by molar-refractivity contribution is 7.99. The monoisotopic (exact) mass is 277 g/mol. The lowest BCUT2D eigenvalue weighted by atomic mass is 9.93. The third-order valence-corrected chi connectivity index (χ3v) is 3.84. The molecule has 6 heteroatoms. The summed E-state index contributed by atoms with van der Waals surface area (Å²) >= 11 is 1.38. The first kappa shape index (κ1) is 13.6. The minimum absolute atomic E-state index is 0.344. The van der Waals surface area contributed by atoms with Crippen molar-refractivity contribution in [3.8, 4) is 0 Å². The molecule has 19 heavy (non-hydrogen) atoms. The van der Waals surface area contributed by atoms with Crippen LogP contribution in [0.4, 0.5) is 0 Å². The van der Waals surface area contributed by atoms with Crippen molar-refractivity contribution in [1.29, 1.82) is 0 Å². The van der Waals surface area contributed by atoms with Crippen LogP contribution in [0.25, 0.3) is 0 Å². The van der Waals surface area contributed by atoms with Gasteiger partial charge in [0.15, 0.2) is 5.16 Å². The molecule has 1 unspecified atom stereocenters. The standard InChI is InChI=1S/C13H15N3O2S/c1-18-11(17)13(14,10-5-3-2-4-6-10)9-19-12-15-7-8-16-12/h2-8H,9,14H2,1H3,(H,15,16). The first-order valence-corrected chi connectivity index (χ1v) is 6.70. The molecular formula is C13H15N3O2S. The average molecular weight is 277 g/mol. The van der Waals surface area contributed by atoms with E-state index in [1.165, 1.54) is 18.9 Å². The van der Waals surface area contributed by atoms with Gasteiger partial charge in [-0.2, -0.15) is 0 Å². The van der Waals surface area contributed by atoms with Gasteiger partial charge in [0, 0.05) is 18.1 Å². The lowest BCUT2D eigenvalue weighted by Crippen LogP contribution is -2.48. The summed E-state index contributed by atoms with van der Waals surface area (Å²) in [6, 6.07) is 9.20. The minimum Gasteiger partial charge on any atom is -0.467 e. The second-order valence-electron chi connectivity index (χ2n) is 4.01. The average Bonchev–Trinajstić information content (AvgIpc) is 2.98. The molecule has 2 rings (SSSR count). The first-order chi connectivity index (χ1) is 9.16. The largest absolute Gasteiger partial charge is 0.467 e. The third kappa shape index (κ3) is 2.97. The van der Waals surface area contributed by atoms with Crippen LogP contribution in [-0.2, 0) is 15.1 Å². The van der Waals surface area contributed by atoms with Gasteiger partial charge in [0.2, 0.25) is 0 Å². The third-order valence-electron chi connectivity index (χ3n) is 2.75. The molecule has 0 bridgehead atoms. The number of methoxy groups -OCH3 is 1. The van der Waals surface area contributed by atoms with Crippen LogP contribution in [0.1, 0.15) is 5.56 Å². The number of esters is 1. The second-order valence-corrected chi connectivity index (χ2v) is 4.98. The van der Waals surface area contributed by atoms with Crippen LogP contribution in [0.15, 0.2) is 47.9 Å². The molecule has 0 saturated heterocycles. The number of imidazole rings is 1. The fourth-order valence-electron chi connectivity index (χ4n) is 1.69. The number of aromatic amines is 1. The summed E-state index contributed by atoms with van der Waals surface area (Å²) in [5.74, 6) is -0.116. The van der Waals surface area contributed by atoms with Gasteiger partial charge in [-0.05, 0) is 5.56 Å². The number of hydrogen-bond acceptors (Lipinski definition) is 5. The summed E-state index contributed by atoms with van der Waals surface area (Å²) < 4.78 is 4.83. The molecule has 0 radical (unpaired) electrons. The smallest absolute Gasteiger partial charge is 0.331 e. The molecule has 0 aliphatic rings. The summed E-state index contributed by atoms with van der Waals surface area (Å²) in [5.41, 5.74) is 5.79. The Morgan fingerprint density at radius 1 is 1.47 bits per heavy atom. The van der Waals surface area contributed by atoms with E-state index in [4.69, 9.17) is 10.5 Å². The molecule has 1 atom stereocenters. The van der Waals surface area contributed by atoms with Gasteiger partial charge in [0.25, 0.3) is 0 Å². The Balaban J connectivity index is 2.22. The zero-order valence-corrected chi connectivity index (χ0v) is 11.3. The number of nitrogens with two attached hydrogens (primary N) is 1. The van der Waals surface area contributed by atoms with Crippen molar-refractivity contribution in [3.63, 3.8) is 0 Å². The molecule has 0 saturated carbocycles. The topological polar surface area (TPSA) is 81.0 Å². The maximum atomic E-state index is 12.0. The molecule has 1 heterocycles. The molecular weight excluding hydrogens is 262 g/mol. The zero-order chi connectivity index (χ0) is 13.7. The Morgan fingerprint density at radius 3 is 2.79 bits per heavy atom. The van der Waals surface area contributed by atoms with E-state index in [9.17, 15) is 4.79 Å². The van der Waals surface area contributed by atoms with E-state index in [0.717, 1.165) is 10.7 Å². The number of nitrogens with zero attached hydrogens (tertiary/aromatic N) is 1. The predicted molar refractivity (Wildman–Crippen MR) is 73.6 cm³/mol. The highest BCUT2D eigenvalue weighted by Gasteiger charge is 2.37. The molecule has 3 N–H and O–H groups in total. The van der Waals surface area contributed by atoms with Gasteiger partial charge in [-0.15, -0.1) is 0 Å². The number of rotatable bonds is 5. The van der Waals surface area contributed by atoms with Gasteiger partial charge in [-0.3, -0.25) is 0 Å². The zero-order valence-electron chi connectivity index (χ0n) is 10.5. The van der Waals surface area contributed by atoms with E-state index >= 15 is 0 Å². The van der Waals surface area contributed by atoms with Crippen molar-refractivity contribution in [3.05, 3.63) is 48.3 Å². The quantitative estimate of drug-likeness (QED) is 0.640. The summed E-state index contributed by atoms with van der Waals surface area (Å²) in [5, 5.41) is 0.717. The number of benzene rings is 1. The molecule has 5 nitrogen and oxygen atoms in total. The van der Waals surface area contributed by atoms with E-state index in [1.54, 1.807) is 12.4 Å². The highest BCUT2D eigenvalue weighted by atomic mass is 32.2. The Kier molecular flexibility index (Phi) is 4.24. The molecule has 100 valence electrons. The fraction of sp³-hybridized carbons (Fsp3) is 0.231. The Bertz CT molecular complexity index is 530. The minimum atomic E-state index is -1.19. The summed E-state index contributed by atoms with van der Waals surface area (Å²) in [7, 11) is 1.34. The van der Waals surface area contributed by atoms with Crippen molar-refractivity contribution < 1.29 is 9.53 Å². The molecule has 2 aromatic rings. The molecule has 0 aliphatic carbocycles. The van der Waals surface area contributed by atoms with Crippen LogP contribution in [0.3, 0.4) is 0 Å². The molecule has 0 spiro atoms. The molecule has 1 aromatic heterocycles. The molecule has 1 aromatic carbocycles. The van der Waals surface area contributed by atoms with Crippen molar-refractivity contribution in [2.75, 3.05) is 12.9 Å². The number of ether oxygens (including phenoxy) is 1. The van der Waals surface area contributed by atoms with Gasteiger partial charge in [0.1, 0.15) is 5.54 Å². The Labute approximate surface area is 115 Å². The van der Waals surface area contributed by atoms with Crippen LogP contribution in [0.2, 0.25) is 0 Å². The number of carbonyl (C=O) groups excluding carboxylic acids is 1. The molecule has 0 fully saturated rings. The van der Waals surface area contributed by atoms with Crippen LogP contribution >= 0.6 is 11.8 Å². The van der Waals surface area contributed by atoms with Gasteiger partial charge in [0.05, 0.1) is 7.11 Å². The van der Waals surface area contributed by atoms with Crippen LogP contribution in [-0.4, -0.2) is 28.8 Å². The predicted octanol–water partition coefficient (Wildman–Crippen LogP) is 1.53. The van der Waals surface area contributed by atoms with E-state index in [2.05, 4.69) is 9.97 Å². The van der Waals surface area contributed by atoms with Gasteiger partial charge >= 0.3 is 5.97 Å². The van der Waals surface area contributed by atoms with E-state index in [1.807, 2.05) is 30.3 Å². The fourth-order valence-corrected chi connectivity index (χ4v) is 2.63. The Hall–Kier alpha value is -1.79. The second kappa shape index (κ2) is 5.90. The highest BCUT2D eigenvalue weighted by Crippen LogP contribution is 2.27. The van der Waals surface area contributed by atoms with E-state index in [0.29, 0.717) is 5.75 Å². The number of thioether (sulfide) groups is 1. The van der Waals surface area contributed by atoms with Crippen molar-refractivity contribution in [2.45, 2.75) is 10.7 Å². The SMILES string of the molecule is COC(=O)C(N)(CSc1ncc[nH]1)c1ccccc1. The van der Waals surface area contributed by atoms with Crippen molar-refractivity contribution in [1.82, 2.24) is 9.97 Å². The Morgan fingerprint density at radius 2 is 2.21 bits per heavy atom. The molecule has 0 aliphatic heterocycles. The maximum Gasteiger partial charge on any atom is 0.331 e. The van der Waals surface area contributed by atoms with Crippen molar-refractivity contribution >= 4 is 17.7 Å². The van der Waals surface area contributed by atoms with Crippen molar-refractivity contribution in [2.24, 2.45) is 5.73 Å². The van der Waals surface area contributed by atoms with Gasteiger partial charge in [-0.25, -0.2) is 9.78 Å². The number of carbonyl (C=O) groups is 1. The number of aromatic nitrogens is 2. The number of hydrogen-bond donors (Lipinski definition) is 2. The van der Waals surface area contributed by atoms with Crippen LogP contribution in [0, 0.1) is 0 Å². The summed E-state index contributed by atoms with van der Waals surface area (Å²) in [4.78, 5) is 19.1. The van der Waals surface area contributed by atoms with E-state index in [-0.39, 0.29) is 0 Å². The van der Waals surface area contributed by atoms with E-state index < -0.39 is 11.5 Å². The lowest BCUT2D eigenvalue weighted by molar-refractivity contribution is -0.146. The van der Waals surface area contributed by atoms with Gasteiger partial charge in [-0.1, -0.05) is 42.1 Å². The van der Waals surface area contributed by atoms with Crippen LogP contribution in [0.5, 0.6) is 0 Å². The number of H-pyrrole nitrogens is 1. The summed E-state index contributed by atoms with van der Waals surface area (Å²) in [6.07, 6.45) is 3.38. The number of nitrogens with one attached hydrogen (secondary N) is 1. The van der Waals surface area contributed by atoms with Crippen LogP contribution < -0.4 is 5.73 Å². The molecule has 0 amide bonds. The maximum absolute atomic E-state index is 12.0.